The first-order chi connectivity index (χ1) is 13.1. The van der Waals surface area contributed by atoms with Gasteiger partial charge in [-0.15, -0.1) is 23.2 Å². The first-order valence-corrected chi connectivity index (χ1v) is 9.67. The van der Waals surface area contributed by atoms with Gasteiger partial charge in [0.25, 0.3) is 0 Å². The Kier molecular flexibility index (Phi) is 9.73. The van der Waals surface area contributed by atoms with Crippen molar-refractivity contribution in [1.82, 2.24) is 0 Å². The molecule has 0 aliphatic carbocycles. The van der Waals surface area contributed by atoms with Crippen LogP contribution in [0.4, 0.5) is 0 Å². The molecule has 7 heteroatoms. The van der Waals surface area contributed by atoms with Crippen molar-refractivity contribution in [3.63, 3.8) is 0 Å². The van der Waals surface area contributed by atoms with Gasteiger partial charge in [-0.3, -0.25) is 0 Å². The molecule has 0 saturated carbocycles. The van der Waals surface area contributed by atoms with Crippen LogP contribution in [-0.2, 0) is 16.5 Å². The fraction of sp³-hybridized carbons (Fsp3) is 0.400. The number of hydrogen-bond acceptors (Lipinski definition) is 5. The second-order valence-corrected chi connectivity index (χ2v) is 6.56. The number of rotatable bonds is 12. The van der Waals surface area contributed by atoms with E-state index in [1.165, 1.54) is 0 Å². The van der Waals surface area contributed by atoms with Crippen molar-refractivity contribution in [3.05, 3.63) is 59.7 Å². The van der Waals surface area contributed by atoms with E-state index in [4.69, 9.17) is 37.4 Å². The lowest BCUT2D eigenvalue weighted by molar-refractivity contribution is -0.0308. The maximum atomic E-state index is 9.89. The van der Waals surface area contributed by atoms with Crippen LogP contribution in [0.2, 0.25) is 0 Å². The first kappa shape index (κ1) is 21.8. The summed E-state index contributed by atoms with van der Waals surface area (Å²) in [6, 6.07) is 14.7. The molecule has 2 unspecified atom stereocenters. The molecule has 2 aromatic carbocycles. The maximum absolute atomic E-state index is 9.89. The van der Waals surface area contributed by atoms with Gasteiger partial charge in [-0.1, -0.05) is 24.3 Å². The number of aliphatic hydroxyl groups excluding tert-OH is 2. The Morgan fingerprint density at radius 2 is 1.00 bits per heavy atom. The zero-order valence-electron chi connectivity index (χ0n) is 14.9. The highest BCUT2D eigenvalue weighted by Gasteiger charge is 2.10. The maximum Gasteiger partial charge on any atom is 0.119 e. The van der Waals surface area contributed by atoms with Gasteiger partial charge in [0.15, 0.2) is 0 Å². The second kappa shape index (κ2) is 12.1. The van der Waals surface area contributed by atoms with Crippen LogP contribution < -0.4 is 9.47 Å². The van der Waals surface area contributed by atoms with Crippen LogP contribution in [0.25, 0.3) is 0 Å². The topological polar surface area (TPSA) is 68.2 Å². The van der Waals surface area contributed by atoms with E-state index in [1.54, 1.807) is 24.3 Å². The van der Waals surface area contributed by atoms with Gasteiger partial charge in [0.2, 0.25) is 0 Å². The van der Waals surface area contributed by atoms with Gasteiger partial charge in [0, 0.05) is 11.8 Å². The highest BCUT2D eigenvalue weighted by atomic mass is 35.5. The molecule has 2 atom stereocenters. The summed E-state index contributed by atoms with van der Waals surface area (Å²) in [5.74, 6) is 2.19. The van der Waals surface area contributed by atoms with Crippen LogP contribution in [0.5, 0.6) is 11.5 Å². The molecule has 2 rings (SSSR count). The molecular weight excluding hydrogens is 391 g/mol. The Hall–Kier alpha value is -1.50. The van der Waals surface area contributed by atoms with Crippen molar-refractivity contribution >= 4 is 23.2 Å². The highest BCUT2D eigenvalue weighted by molar-refractivity contribution is 6.17. The Bertz CT molecular complexity index is 591. The number of aliphatic hydroxyl groups is 2. The molecule has 0 aliphatic rings. The fourth-order valence-corrected chi connectivity index (χ4v) is 2.53. The van der Waals surface area contributed by atoms with Gasteiger partial charge < -0.3 is 24.4 Å². The van der Waals surface area contributed by atoms with Gasteiger partial charge in [-0.05, 0) is 35.4 Å². The molecular formula is C20H24Cl2O5. The predicted octanol–water partition coefficient (Wildman–Crippen LogP) is 3.36. The van der Waals surface area contributed by atoms with Crippen LogP contribution in [-0.4, -0.2) is 48.8 Å². The number of halogens is 2. The number of ether oxygens (including phenoxy) is 3. The van der Waals surface area contributed by atoms with E-state index in [0.29, 0.717) is 23.3 Å². The summed E-state index contributed by atoms with van der Waals surface area (Å²) in [7, 11) is 0. The average molecular weight is 415 g/mol. The SMILES string of the molecule is OC(COCC(O)COc1ccc(CCl)cc1)COc1ccc(CCl)cc1. The zero-order chi connectivity index (χ0) is 19.5. The molecule has 0 aromatic heterocycles. The Morgan fingerprint density at radius 1 is 0.630 bits per heavy atom. The Labute approximate surface area is 169 Å². The summed E-state index contributed by atoms with van der Waals surface area (Å²) in [6.45, 7) is 0.307. The highest BCUT2D eigenvalue weighted by Crippen LogP contribution is 2.15. The van der Waals surface area contributed by atoms with Crippen molar-refractivity contribution in [1.29, 1.82) is 0 Å². The molecule has 0 fully saturated rings. The molecule has 148 valence electrons. The van der Waals surface area contributed by atoms with Crippen molar-refractivity contribution < 1.29 is 24.4 Å². The smallest absolute Gasteiger partial charge is 0.119 e. The summed E-state index contributed by atoms with van der Waals surface area (Å²) < 4.78 is 16.3. The predicted molar refractivity (Wildman–Crippen MR) is 106 cm³/mol. The van der Waals surface area contributed by atoms with Crippen molar-refractivity contribution in [2.24, 2.45) is 0 Å². The van der Waals surface area contributed by atoms with Crippen LogP contribution in [0.1, 0.15) is 11.1 Å². The Balaban J connectivity index is 1.58. The molecule has 0 aliphatic heterocycles. The van der Waals surface area contributed by atoms with Gasteiger partial charge in [-0.2, -0.15) is 0 Å². The second-order valence-electron chi connectivity index (χ2n) is 6.02. The van der Waals surface area contributed by atoms with Gasteiger partial charge in [0.05, 0.1) is 13.2 Å². The van der Waals surface area contributed by atoms with E-state index in [9.17, 15) is 10.2 Å². The molecule has 2 aromatic rings. The van der Waals surface area contributed by atoms with E-state index in [1.807, 2.05) is 24.3 Å². The number of alkyl halides is 2. The molecule has 5 nitrogen and oxygen atoms in total. The largest absolute Gasteiger partial charge is 0.491 e. The van der Waals surface area contributed by atoms with Crippen molar-refractivity contribution in [2.75, 3.05) is 26.4 Å². The summed E-state index contributed by atoms with van der Waals surface area (Å²) in [5.41, 5.74) is 2.00. The van der Waals surface area contributed by atoms with E-state index in [-0.39, 0.29) is 26.4 Å². The summed E-state index contributed by atoms with van der Waals surface area (Å²) >= 11 is 11.5. The Morgan fingerprint density at radius 3 is 1.33 bits per heavy atom. The lowest BCUT2D eigenvalue weighted by atomic mass is 10.2. The lowest BCUT2D eigenvalue weighted by Gasteiger charge is -2.16. The number of benzene rings is 2. The van der Waals surface area contributed by atoms with E-state index in [0.717, 1.165) is 11.1 Å². The lowest BCUT2D eigenvalue weighted by Crippen LogP contribution is -2.28. The van der Waals surface area contributed by atoms with Crippen LogP contribution in [0, 0.1) is 0 Å². The van der Waals surface area contributed by atoms with Crippen molar-refractivity contribution in [3.8, 4) is 11.5 Å². The summed E-state index contributed by atoms with van der Waals surface area (Å²) in [4.78, 5) is 0. The molecule has 0 saturated heterocycles. The first-order valence-electron chi connectivity index (χ1n) is 8.60. The molecule has 0 amide bonds. The molecule has 27 heavy (non-hydrogen) atoms. The van der Waals surface area contributed by atoms with E-state index in [2.05, 4.69) is 0 Å². The average Bonchev–Trinajstić information content (AvgIpc) is 2.71. The normalized spacial score (nSPS) is 13.2. The zero-order valence-corrected chi connectivity index (χ0v) is 16.4. The minimum absolute atomic E-state index is 0.0568. The van der Waals surface area contributed by atoms with E-state index < -0.39 is 12.2 Å². The fourth-order valence-electron chi connectivity index (χ4n) is 2.17. The monoisotopic (exact) mass is 414 g/mol. The van der Waals surface area contributed by atoms with Gasteiger partial charge >= 0.3 is 0 Å². The third-order valence-corrected chi connectivity index (χ3v) is 4.28. The summed E-state index contributed by atoms with van der Waals surface area (Å²) in [6.07, 6.45) is -1.59. The standard InChI is InChI=1S/C20H24Cl2O5/c21-9-15-1-5-19(6-2-15)26-13-17(23)11-25-12-18(24)14-27-20-7-3-16(10-22)4-8-20/h1-8,17-18,23-24H,9-14H2. The quantitative estimate of drug-likeness (QED) is 0.521. The van der Waals surface area contributed by atoms with Crippen molar-refractivity contribution in [2.45, 2.75) is 24.0 Å². The van der Waals surface area contributed by atoms with Crippen LogP contribution >= 0.6 is 23.2 Å². The van der Waals surface area contributed by atoms with Gasteiger partial charge in [-0.25, -0.2) is 0 Å². The molecule has 0 radical (unpaired) electrons. The van der Waals surface area contributed by atoms with E-state index >= 15 is 0 Å². The minimum atomic E-state index is -0.797. The third-order valence-electron chi connectivity index (χ3n) is 3.66. The molecule has 0 bridgehead atoms. The summed E-state index contributed by atoms with van der Waals surface area (Å²) in [5, 5.41) is 19.8. The molecule has 0 spiro atoms. The third kappa shape index (κ3) is 8.37. The molecule has 2 N–H and O–H groups in total. The number of hydrogen-bond donors (Lipinski definition) is 2. The van der Waals surface area contributed by atoms with Crippen LogP contribution in [0.3, 0.4) is 0 Å². The van der Waals surface area contributed by atoms with Gasteiger partial charge in [0.1, 0.15) is 36.9 Å². The van der Waals surface area contributed by atoms with Crippen LogP contribution in [0.15, 0.2) is 48.5 Å². The minimum Gasteiger partial charge on any atom is -0.491 e. The molecule has 0 heterocycles.